The summed E-state index contributed by atoms with van der Waals surface area (Å²) >= 11 is 5.30. The molecule has 0 saturated heterocycles. The molecular weight excluding hydrogens is 410 g/mol. The average Bonchev–Trinajstić information content (AvgIpc) is 3.11. The van der Waals surface area contributed by atoms with Crippen LogP contribution in [0.3, 0.4) is 0 Å². The number of nitrogens with one attached hydrogen (secondary N) is 2. The van der Waals surface area contributed by atoms with Crippen molar-refractivity contribution in [3.05, 3.63) is 77.0 Å². The van der Waals surface area contributed by atoms with Crippen molar-refractivity contribution >= 4 is 35.0 Å². The fourth-order valence-corrected chi connectivity index (χ4v) is 3.16. The van der Waals surface area contributed by atoms with Gasteiger partial charge >= 0.3 is 0 Å². The number of hydrogen-bond donors (Lipinski definition) is 3. The Morgan fingerprint density at radius 3 is 2.19 bits per heavy atom. The minimum Gasteiger partial charge on any atom is -0.365 e. The molecule has 0 aliphatic rings. The number of amides is 2. The third kappa shape index (κ3) is 5.16. The summed E-state index contributed by atoms with van der Waals surface area (Å²) in [6.07, 6.45) is 1.36. The molecule has 3 rings (SSSR count). The number of hydrogen-bond acceptors (Lipinski definition) is 4. The van der Waals surface area contributed by atoms with Crippen molar-refractivity contribution in [2.45, 2.75) is 33.1 Å². The van der Waals surface area contributed by atoms with Crippen LogP contribution in [0.5, 0.6) is 0 Å². The maximum absolute atomic E-state index is 12.6. The second-order valence-corrected chi connectivity index (χ2v) is 8.66. The van der Waals surface area contributed by atoms with Crippen molar-refractivity contribution < 1.29 is 9.59 Å². The number of rotatable bonds is 4. The lowest BCUT2D eigenvalue weighted by molar-refractivity contribution is 0.0975. The highest BCUT2D eigenvalue weighted by atomic mass is 32.1. The third-order valence-corrected chi connectivity index (χ3v) is 4.99. The zero-order chi connectivity index (χ0) is 22.8. The molecule has 0 aliphatic heterocycles. The van der Waals surface area contributed by atoms with Crippen molar-refractivity contribution in [2.75, 3.05) is 5.32 Å². The summed E-state index contributed by atoms with van der Waals surface area (Å²) in [6, 6.07) is 14.9. The molecule has 0 fully saturated rings. The van der Waals surface area contributed by atoms with Crippen molar-refractivity contribution in [3.63, 3.8) is 0 Å². The van der Waals surface area contributed by atoms with Gasteiger partial charge in [0, 0.05) is 5.56 Å². The Morgan fingerprint density at radius 1 is 1.03 bits per heavy atom. The summed E-state index contributed by atoms with van der Waals surface area (Å²) in [7, 11) is 0. The summed E-state index contributed by atoms with van der Waals surface area (Å²) in [5, 5.41) is 9.79. The molecule has 0 bridgehead atoms. The molecule has 1 aromatic heterocycles. The first-order chi connectivity index (χ1) is 14.6. The van der Waals surface area contributed by atoms with Gasteiger partial charge in [0.15, 0.2) is 5.11 Å². The lowest BCUT2D eigenvalue weighted by Crippen LogP contribution is -2.35. The molecule has 31 heavy (non-hydrogen) atoms. The van der Waals surface area contributed by atoms with E-state index in [1.54, 1.807) is 12.1 Å². The fourth-order valence-electron chi connectivity index (χ4n) is 2.97. The van der Waals surface area contributed by atoms with Crippen LogP contribution in [0.4, 0.5) is 5.82 Å². The minimum atomic E-state index is -0.659. The molecule has 0 saturated carbocycles. The molecule has 7 nitrogen and oxygen atoms in total. The molecule has 0 unspecified atom stereocenters. The number of nitrogens with zero attached hydrogens (tertiary/aromatic N) is 2. The number of primary amides is 1. The summed E-state index contributed by atoms with van der Waals surface area (Å²) < 4.78 is 1.51. The lowest BCUT2D eigenvalue weighted by Gasteiger charge is -2.19. The highest BCUT2D eigenvalue weighted by Crippen LogP contribution is 2.23. The molecular formula is C23H25N5O2S. The van der Waals surface area contributed by atoms with Gasteiger partial charge in [0.05, 0.1) is 11.9 Å². The van der Waals surface area contributed by atoms with Gasteiger partial charge in [-0.3, -0.25) is 14.9 Å². The zero-order valence-corrected chi connectivity index (χ0v) is 18.7. The number of carbonyl (C=O) groups excluding carboxylic acids is 2. The van der Waals surface area contributed by atoms with E-state index in [4.69, 9.17) is 18.0 Å². The molecule has 1 heterocycles. The predicted molar refractivity (Wildman–Crippen MR) is 126 cm³/mol. The van der Waals surface area contributed by atoms with Crippen LogP contribution < -0.4 is 16.4 Å². The van der Waals surface area contributed by atoms with Crippen LogP contribution in [0.25, 0.3) is 5.69 Å². The molecule has 3 aromatic rings. The number of aryl methyl sites for hydroxylation is 1. The van der Waals surface area contributed by atoms with Gasteiger partial charge in [0.25, 0.3) is 11.8 Å². The summed E-state index contributed by atoms with van der Waals surface area (Å²) in [5.41, 5.74) is 9.03. The van der Waals surface area contributed by atoms with E-state index in [1.165, 1.54) is 10.9 Å². The smallest absolute Gasteiger partial charge is 0.257 e. The summed E-state index contributed by atoms with van der Waals surface area (Å²) in [4.78, 5) is 24.5. The van der Waals surface area contributed by atoms with E-state index in [0.717, 1.165) is 11.1 Å². The maximum Gasteiger partial charge on any atom is 0.257 e. The van der Waals surface area contributed by atoms with Crippen molar-refractivity contribution in [2.24, 2.45) is 5.73 Å². The Morgan fingerprint density at radius 2 is 1.65 bits per heavy atom. The van der Waals surface area contributed by atoms with Gasteiger partial charge in [-0.2, -0.15) is 5.10 Å². The number of carbonyl (C=O) groups is 2. The van der Waals surface area contributed by atoms with E-state index in [2.05, 4.69) is 36.5 Å². The second kappa shape index (κ2) is 8.69. The van der Waals surface area contributed by atoms with Crippen molar-refractivity contribution in [1.29, 1.82) is 0 Å². The monoisotopic (exact) mass is 435 g/mol. The van der Waals surface area contributed by atoms with Crippen LogP contribution >= 0.6 is 12.2 Å². The minimum absolute atomic E-state index is 0.00852. The molecule has 2 amide bonds. The quantitative estimate of drug-likeness (QED) is 0.542. The standard InChI is InChI=1S/C23H25N5O2S/c1-14-5-11-17(12-6-14)28-20(18(13-25-28)19(24)29)26-22(31)27-21(30)15-7-9-16(10-8-15)23(2,3)4/h5-13H,1-4H3,(H2,24,29)(H2,26,27,30,31). The molecule has 0 spiro atoms. The van der Waals surface area contributed by atoms with Gasteiger partial charge in [-0.05, 0) is 54.4 Å². The Hall–Kier alpha value is -3.52. The van der Waals surface area contributed by atoms with Crippen LogP contribution in [0.2, 0.25) is 0 Å². The molecule has 4 N–H and O–H groups in total. The molecule has 8 heteroatoms. The maximum atomic E-state index is 12.6. The number of anilines is 1. The highest BCUT2D eigenvalue weighted by molar-refractivity contribution is 7.80. The Balaban J connectivity index is 1.80. The van der Waals surface area contributed by atoms with Crippen LogP contribution in [-0.4, -0.2) is 26.7 Å². The van der Waals surface area contributed by atoms with E-state index in [0.29, 0.717) is 11.3 Å². The topological polar surface area (TPSA) is 102 Å². The Kier molecular flexibility index (Phi) is 6.21. The van der Waals surface area contributed by atoms with E-state index in [9.17, 15) is 9.59 Å². The largest absolute Gasteiger partial charge is 0.365 e. The first-order valence-electron chi connectivity index (χ1n) is 9.74. The molecule has 0 radical (unpaired) electrons. The number of benzene rings is 2. The van der Waals surface area contributed by atoms with Crippen LogP contribution in [-0.2, 0) is 5.41 Å². The van der Waals surface area contributed by atoms with Gasteiger partial charge in [-0.15, -0.1) is 0 Å². The average molecular weight is 436 g/mol. The van der Waals surface area contributed by atoms with Gasteiger partial charge in [-0.1, -0.05) is 50.6 Å². The van der Waals surface area contributed by atoms with Gasteiger partial charge in [-0.25, -0.2) is 4.68 Å². The normalized spacial score (nSPS) is 11.1. The molecule has 0 atom stereocenters. The molecule has 2 aromatic carbocycles. The SMILES string of the molecule is Cc1ccc(-n2ncc(C(N)=O)c2NC(=S)NC(=O)c2ccc(C(C)(C)C)cc2)cc1. The Bertz CT molecular complexity index is 1130. The number of nitrogens with two attached hydrogens (primary N) is 1. The van der Waals surface area contributed by atoms with Crippen LogP contribution in [0, 0.1) is 6.92 Å². The van der Waals surface area contributed by atoms with E-state index >= 15 is 0 Å². The second-order valence-electron chi connectivity index (χ2n) is 8.25. The van der Waals surface area contributed by atoms with Crippen molar-refractivity contribution in [3.8, 4) is 5.69 Å². The fraction of sp³-hybridized carbons (Fsp3) is 0.217. The summed E-state index contributed by atoms with van der Waals surface area (Å²) in [6.45, 7) is 8.29. The number of thiocarbonyl (C=S) groups is 1. The lowest BCUT2D eigenvalue weighted by atomic mass is 9.87. The van der Waals surface area contributed by atoms with Gasteiger partial charge < -0.3 is 11.1 Å². The van der Waals surface area contributed by atoms with E-state index in [-0.39, 0.29) is 27.8 Å². The Labute approximate surface area is 186 Å². The van der Waals surface area contributed by atoms with Crippen LogP contribution in [0.1, 0.15) is 52.6 Å². The van der Waals surface area contributed by atoms with E-state index in [1.807, 2.05) is 43.3 Å². The highest BCUT2D eigenvalue weighted by Gasteiger charge is 2.19. The molecule has 160 valence electrons. The predicted octanol–water partition coefficient (Wildman–Crippen LogP) is 3.70. The first-order valence-corrected chi connectivity index (χ1v) is 10.1. The zero-order valence-electron chi connectivity index (χ0n) is 17.9. The van der Waals surface area contributed by atoms with Gasteiger partial charge in [0.2, 0.25) is 0 Å². The van der Waals surface area contributed by atoms with Gasteiger partial charge in [0.1, 0.15) is 11.4 Å². The van der Waals surface area contributed by atoms with Crippen molar-refractivity contribution in [1.82, 2.24) is 15.1 Å². The first kappa shape index (κ1) is 22.2. The van der Waals surface area contributed by atoms with E-state index < -0.39 is 5.91 Å². The summed E-state index contributed by atoms with van der Waals surface area (Å²) in [5.74, 6) is -0.738. The third-order valence-electron chi connectivity index (χ3n) is 4.79. The number of aromatic nitrogens is 2. The van der Waals surface area contributed by atoms with Crippen LogP contribution in [0.15, 0.2) is 54.7 Å². The molecule has 0 aliphatic carbocycles.